The molecule has 0 saturated heterocycles. The van der Waals surface area contributed by atoms with Gasteiger partial charge in [0.15, 0.2) is 0 Å². The lowest BCUT2D eigenvalue weighted by Crippen LogP contribution is -2.55. The Morgan fingerprint density at radius 1 is 0.765 bits per heavy atom. The highest BCUT2D eigenvalue weighted by Crippen LogP contribution is 2.11. The Bertz CT molecular complexity index is 780. The van der Waals surface area contributed by atoms with E-state index in [1.165, 1.54) is 0 Å². The average molecular weight is 476 g/mol. The van der Waals surface area contributed by atoms with E-state index in [0.717, 1.165) is 11.8 Å². The van der Waals surface area contributed by atoms with Gasteiger partial charge in [-0.3, -0.25) is 9.59 Å². The molecule has 3 N–H and O–H groups in total. The van der Waals surface area contributed by atoms with Crippen molar-refractivity contribution in [2.24, 2.45) is 17.8 Å². The number of aldehydes is 1. The molecule has 0 unspecified atom stereocenters. The zero-order valence-corrected chi connectivity index (χ0v) is 21.3. The molecule has 3 atom stereocenters. The highest BCUT2D eigenvalue weighted by atomic mass is 16.5. The lowest BCUT2D eigenvalue weighted by atomic mass is 9.99. The largest absolute Gasteiger partial charge is 0.445 e. The molecule has 190 valence electrons. The summed E-state index contributed by atoms with van der Waals surface area (Å²) in [5, 5.41) is 8.15. The summed E-state index contributed by atoms with van der Waals surface area (Å²) in [6, 6.07) is 6.96. The molecule has 1 rings (SSSR count). The second-order valence-electron chi connectivity index (χ2n) is 9.96. The number of nitrogens with one attached hydrogen (secondary N) is 3. The molecule has 0 heterocycles. The van der Waals surface area contributed by atoms with Gasteiger partial charge in [-0.1, -0.05) is 71.9 Å². The second-order valence-corrected chi connectivity index (χ2v) is 9.96. The molecule has 0 radical (unpaired) electrons. The molecule has 8 nitrogen and oxygen atoms in total. The van der Waals surface area contributed by atoms with E-state index in [0.29, 0.717) is 19.3 Å². The van der Waals surface area contributed by atoms with Crippen molar-refractivity contribution in [2.75, 3.05) is 0 Å². The van der Waals surface area contributed by atoms with Crippen LogP contribution in [0.4, 0.5) is 4.79 Å². The zero-order chi connectivity index (χ0) is 25.7. The van der Waals surface area contributed by atoms with Crippen molar-refractivity contribution in [2.45, 2.75) is 85.5 Å². The summed E-state index contributed by atoms with van der Waals surface area (Å²) in [6.07, 6.45) is 1.32. The van der Waals surface area contributed by atoms with Gasteiger partial charge in [-0.15, -0.1) is 0 Å². The number of benzene rings is 1. The number of hydrogen-bond acceptors (Lipinski definition) is 5. The number of carbonyl (C=O) groups is 4. The standard InChI is InChI=1S/C26H41N3O5/c1-17(2)12-21(15-30)27-24(31)22(13-18(3)4)28-25(32)23(14-19(5)6)29-26(33)34-16-20-10-8-7-9-11-20/h7-11,15,17-19,21-23H,12-14,16H2,1-6H3,(H,27,31)(H,28,32)(H,29,33)/t21-,22+,23+/m1/s1. The Kier molecular flexibility index (Phi) is 12.9. The molecule has 0 spiro atoms. The number of ether oxygens (including phenoxy) is 1. The fourth-order valence-electron chi connectivity index (χ4n) is 3.52. The number of carbonyl (C=O) groups excluding carboxylic acids is 4. The SMILES string of the molecule is CC(C)C[C@H](NC(=O)OCc1ccccc1)C(=O)N[C@@H](CC(C)C)C(=O)N[C@@H](C=O)CC(C)C. The van der Waals surface area contributed by atoms with Crippen molar-refractivity contribution >= 4 is 24.2 Å². The quantitative estimate of drug-likeness (QED) is 0.356. The zero-order valence-electron chi connectivity index (χ0n) is 21.3. The summed E-state index contributed by atoms with van der Waals surface area (Å²) in [5.41, 5.74) is 0.835. The summed E-state index contributed by atoms with van der Waals surface area (Å²) < 4.78 is 5.26. The molecule has 0 saturated carbocycles. The molecule has 0 aliphatic rings. The molecule has 3 amide bonds. The van der Waals surface area contributed by atoms with Crippen LogP contribution >= 0.6 is 0 Å². The van der Waals surface area contributed by atoms with Crippen LogP contribution in [0.25, 0.3) is 0 Å². The smallest absolute Gasteiger partial charge is 0.408 e. The van der Waals surface area contributed by atoms with Crippen LogP contribution in [0.1, 0.15) is 66.4 Å². The van der Waals surface area contributed by atoms with Gasteiger partial charge in [0, 0.05) is 0 Å². The van der Waals surface area contributed by atoms with Gasteiger partial charge in [0.05, 0.1) is 6.04 Å². The van der Waals surface area contributed by atoms with Crippen LogP contribution in [0, 0.1) is 17.8 Å². The molecular formula is C26H41N3O5. The third-order valence-corrected chi connectivity index (χ3v) is 5.09. The molecule has 1 aromatic rings. The molecular weight excluding hydrogens is 434 g/mol. The molecule has 0 aromatic heterocycles. The van der Waals surface area contributed by atoms with Crippen molar-refractivity contribution in [3.8, 4) is 0 Å². The van der Waals surface area contributed by atoms with Crippen LogP contribution in [0.3, 0.4) is 0 Å². The number of amides is 3. The van der Waals surface area contributed by atoms with Gasteiger partial charge in [0.2, 0.25) is 11.8 Å². The lowest BCUT2D eigenvalue weighted by molar-refractivity contribution is -0.131. The van der Waals surface area contributed by atoms with Gasteiger partial charge >= 0.3 is 6.09 Å². The average Bonchev–Trinajstić information content (AvgIpc) is 2.76. The first-order valence-electron chi connectivity index (χ1n) is 12.0. The Hall–Kier alpha value is -2.90. The lowest BCUT2D eigenvalue weighted by Gasteiger charge is -2.26. The van der Waals surface area contributed by atoms with Gasteiger partial charge in [-0.25, -0.2) is 4.79 Å². The first kappa shape index (κ1) is 29.1. The van der Waals surface area contributed by atoms with Crippen LogP contribution in [0.15, 0.2) is 30.3 Å². The number of rotatable bonds is 14. The van der Waals surface area contributed by atoms with E-state index in [2.05, 4.69) is 16.0 Å². The third-order valence-electron chi connectivity index (χ3n) is 5.09. The molecule has 0 aliphatic carbocycles. The van der Waals surface area contributed by atoms with Gasteiger partial charge < -0.3 is 25.5 Å². The molecule has 0 aliphatic heterocycles. The molecule has 0 fully saturated rings. The van der Waals surface area contributed by atoms with E-state index in [9.17, 15) is 19.2 Å². The van der Waals surface area contributed by atoms with Crippen molar-refractivity contribution in [1.82, 2.24) is 16.0 Å². The molecule has 0 bridgehead atoms. The number of alkyl carbamates (subject to hydrolysis) is 1. The predicted molar refractivity (Wildman–Crippen MR) is 132 cm³/mol. The summed E-state index contributed by atoms with van der Waals surface area (Å²) in [5.74, 6) is -0.390. The van der Waals surface area contributed by atoms with E-state index in [1.54, 1.807) is 0 Å². The van der Waals surface area contributed by atoms with Crippen molar-refractivity contribution in [3.05, 3.63) is 35.9 Å². The van der Waals surface area contributed by atoms with Crippen molar-refractivity contribution < 1.29 is 23.9 Å². The van der Waals surface area contributed by atoms with E-state index >= 15 is 0 Å². The van der Waals surface area contributed by atoms with E-state index in [1.807, 2.05) is 71.9 Å². The van der Waals surface area contributed by atoms with Crippen LogP contribution in [0.5, 0.6) is 0 Å². The summed E-state index contributed by atoms with van der Waals surface area (Å²) >= 11 is 0. The van der Waals surface area contributed by atoms with Crippen LogP contribution < -0.4 is 16.0 Å². The maximum Gasteiger partial charge on any atom is 0.408 e. The summed E-state index contributed by atoms with van der Waals surface area (Å²) in [6.45, 7) is 11.8. The van der Waals surface area contributed by atoms with Crippen LogP contribution in [0.2, 0.25) is 0 Å². The first-order valence-corrected chi connectivity index (χ1v) is 12.0. The predicted octanol–water partition coefficient (Wildman–Crippen LogP) is 3.59. The fourth-order valence-corrected chi connectivity index (χ4v) is 3.52. The highest BCUT2D eigenvalue weighted by molar-refractivity contribution is 5.92. The summed E-state index contributed by atoms with van der Waals surface area (Å²) in [7, 11) is 0. The normalized spacial score (nSPS) is 13.8. The van der Waals surface area contributed by atoms with Gasteiger partial charge in [-0.2, -0.15) is 0 Å². The minimum absolute atomic E-state index is 0.0873. The maximum absolute atomic E-state index is 13.1. The van der Waals surface area contributed by atoms with E-state index in [4.69, 9.17) is 4.74 Å². The monoisotopic (exact) mass is 475 g/mol. The van der Waals surface area contributed by atoms with E-state index in [-0.39, 0.29) is 24.4 Å². The van der Waals surface area contributed by atoms with Crippen molar-refractivity contribution in [1.29, 1.82) is 0 Å². The fraction of sp³-hybridized carbons (Fsp3) is 0.615. The van der Waals surface area contributed by atoms with Crippen LogP contribution in [-0.4, -0.2) is 42.3 Å². The van der Waals surface area contributed by atoms with Gasteiger partial charge in [-0.05, 0) is 42.6 Å². The molecule has 8 heteroatoms. The Morgan fingerprint density at radius 3 is 1.76 bits per heavy atom. The van der Waals surface area contributed by atoms with Gasteiger partial charge in [0.25, 0.3) is 0 Å². The molecule has 34 heavy (non-hydrogen) atoms. The summed E-state index contributed by atoms with van der Waals surface area (Å²) in [4.78, 5) is 49.7. The Morgan fingerprint density at radius 2 is 1.26 bits per heavy atom. The van der Waals surface area contributed by atoms with Gasteiger partial charge in [0.1, 0.15) is 25.0 Å². The van der Waals surface area contributed by atoms with E-state index < -0.39 is 36.0 Å². The second kappa shape index (κ2) is 15.1. The maximum atomic E-state index is 13.1. The minimum atomic E-state index is -0.858. The Labute approximate surface area is 203 Å². The third kappa shape index (κ3) is 11.8. The first-order chi connectivity index (χ1) is 16.0. The number of hydrogen-bond donors (Lipinski definition) is 3. The topological polar surface area (TPSA) is 114 Å². The molecule has 1 aromatic carbocycles. The minimum Gasteiger partial charge on any atom is -0.445 e. The highest BCUT2D eigenvalue weighted by Gasteiger charge is 2.29. The Balaban J connectivity index is 2.84. The van der Waals surface area contributed by atoms with Crippen molar-refractivity contribution in [3.63, 3.8) is 0 Å². The van der Waals surface area contributed by atoms with Crippen LogP contribution in [-0.2, 0) is 25.7 Å².